The maximum Gasteiger partial charge on any atom is 0.410 e. The van der Waals surface area contributed by atoms with Crippen molar-refractivity contribution in [2.45, 2.75) is 45.3 Å². The molecule has 0 aliphatic carbocycles. The van der Waals surface area contributed by atoms with Crippen molar-refractivity contribution in [3.8, 4) is 28.1 Å². The highest BCUT2D eigenvalue weighted by molar-refractivity contribution is 5.73. The maximum atomic E-state index is 15.2. The molecule has 0 radical (unpaired) electrons. The van der Waals surface area contributed by atoms with Crippen LogP contribution in [-0.2, 0) is 4.74 Å². The van der Waals surface area contributed by atoms with Crippen molar-refractivity contribution in [2.75, 3.05) is 13.1 Å². The summed E-state index contributed by atoms with van der Waals surface area (Å²) in [6.07, 6.45) is 2.88. The fraction of sp³-hybridized carbons (Fsp3) is 0.333. The predicted octanol–water partition coefficient (Wildman–Crippen LogP) is 6.33. The summed E-state index contributed by atoms with van der Waals surface area (Å²) in [6, 6.07) is 18.3. The SMILES string of the molecule is CC(C)(C)OC(=O)N1CCC(Oc2ccc(-c3cccc(-c4ccccn4)c3F)cc2)CC1. The van der Waals surface area contributed by atoms with Gasteiger partial charge in [0.25, 0.3) is 0 Å². The highest BCUT2D eigenvalue weighted by Gasteiger charge is 2.27. The molecule has 3 aromatic rings. The summed E-state index contributed by atoms with van der Waals surface area (Å²) >= 11 is 0. The van der Waals surface area contributed by atoms with E-state index < -0.39 is 5.60 Å². The third kappa shape index (κ3) is 5.69. The molecular weight excluding hydrogens is 419 g/mol. The zero-order chi connectivity index (χ0) is 23.4. The van der Waals surface area contributed by atoms with Crippen LogP contribution in [0.1, 0.15) is 33.6 Å². The molecule has 6 heteroatoms. The summed E-state index contributed by atoms with van der Waals surface area (Å²) in [5.41, 5.74) is 1.88. The highest BCUT2D eigenvalue weighted by Crippen LogP contribution is 2.31. The fourth-order valence-electron chi connectivity index (χ4n) is 3.86. The monoisotopic (exact) mass is 448 g/mol. The molecule has 1 fully saturated rings. The van der Waals surface area contributed by atoms with Crippen molar-refractivity contribution < 1.29 is 18.7 Å². The van der Waals surface area contributed by atoms with Crippen LogP contribution in [0.3, 0.4) is 0 Å². The Morgan fingerprint density at radius 2 is 1.67 bits per heavy atom. The van der Waals surface area contributed by atoms with E-state index in [1.54, 1.807) is 29.3 Å². The Labute approximate surface area is 194 Å². The van der Waals surface area contributed by atoms with Gasteiger partial charge < -0.3 is 14.4 Å². The average Bonchev–Trinajstić information content (AvgIpc) is 2.80. The lowest BCUT2D eigenvalue weighted by molar-refractivity contribution is 0.0126. The molecular formula is C27H29FN2O3. The number of likely N-dealkylation sites (tertiary alicyclic amines) is 1. The molecule has 1 aliphatic heterocycles. The van der Waals surface area contributed by atoms with Crippen LogP contribution in [0.4, 0.5) is 9.18 Å². The topological polar surface area (TPSA) is 51.7 Å². The maximum absolute atomic E-state index is 15.2. The van der Waals surface area contributed by atoms with E-state index in [1.807, 2.05) is 63.2 Å². The van der Waals surface area contributed by atoms with E-state index >= 15 is 4.39 Å². The average molecular weight is 449 g/mol. The van der Waals surface area contributed by atoms with Gasteiger partial charge in [0.05, 0.1) is 5.69 Å². The second kappa shape index (κ2) is 9.61. The lowest BCUT2D eigenvalue weighted by Gasteiger charge is -2.33. The van der Waals surface area contributed by atoms with Crippen LogP contribution in [-0.4, -0.2) is 40.8 Å². The molecule has 0 N–H and O–H groups in total. The number of nitrogens with zero attached hydrogens (tertiary/aromatic N) is 2. The molecule has 1 aliphatic rings. The van der Waals surface area contributed by atoms with Crippen LogP contribution >= 0.6 is 0 Å². The van der Waals surface area contributed by atoms with Gasteiger partial charge in [0.1, 0.15) is 23.3 Å². The number of aromatic nitrogens is 1. The van der Waals surface area contributed by atoms with E-state index in [9.17, 15) is 4.79 Å². The zero-order valence-electron chi connectivity index (χ0n) is 19.3. The highest BCUT2D eigenvalue weighted by atomic mass is 19.1. The van der Waals surface area contributed by atoms with E-state index in [0.29, 0.717) is 29.9 Å². The van der Waals surface area contributed by atoms with Crippen molar-refractivity contribution in [1.29, 1.82) is 0 Å². The van der Waals surface area contributed by atoms with Crippen LogP contribution in [0, 0.1) is 5.82 Å². The van der Waals surface area contributed by atoms with Crippen LogP contribution in [0.2, 0.25) is 0 Å². The van der Waals surface area contributed by atoms with Gasteiger partial charge in [-0.1, -0.05) is 30.3 Å². The van der Waals surface area contributed by atoms with Gasteiger partial charge in [-0.25, -0.2) is 9.18 Å². The molecule has 5 nitrogen and oxygen atoms in total. The molecule has 1 amide bonds. The van der Waals surface area contributed by atoms with Crippen LogP contribution in [0.15, 0.2) is 66.9 Å². The van der Waals surface area contributed by atoms with E-state index in [4.69, 9.17) is 9.47 Å². The first-order valence-corrected chi connectivity index (χ1v) is 11.2. The van der Waals surface area contributed by atoms with Crippen molar-refractivity contribution in [2.24, 2.45) is 0 Å². The number of ether oxygens (including phenoxy) is 2. The Bertz CT molecular complexity index is 1090. The number of piperidine rings is 1. The lowest BCUT2D eigenvalue weighted by atomic mass is 10.00. The largest absolute Gasteiger partial charge is 0.490 e. The first kappa shape index (κ1) is 22.8. The number of hydrogen-bond donors (Lipinski definition) is 0. The molecule has 172 valence electrons. The van der Waals surface area contributed by atoms with Crippen LogP contribution in [0.25, 0.3) is 22.4 Å². The Hall–Kier alpha value is -3.41. The minimum absolute atomic E-state index is 0.0266. The molecule has 1 aromatic heterocycles. The number of rotatable bonds is 4. The molecule has 0 spiro atoms. The summed E-state index contributed by atoms with van der Waals surface area (Å²) in [7, 11) is 0. The van der Waals surface area contributed by atoms with Gasteiger partial charge in [-0.2, -0.15) is 0 Å². The Balaban J connectivity index is 1.39. The number of amides is 1. The van der Waals surface area contributed by atoms with E-state index in [-0.39, 0.29) is 18.0 Å². The van der Waals surface area contributed by atoms with Crippen molar-refractivity contribution >= 4 is 6.09 Å². The lowest BCUT2D eigenvalue weighted by Crippen LogP contribution is -2.44. The summed E-state index contributed by atoms with van der Waals surface area (Å²) in [5, 5.41) is 0. The Kier molecular flexibility index (Phi) is 6.63. The van der Waals surface area contributed by atoms with Gasteiger partial charge in [-0.15, -0.1) is 0 Å². The number of pyridine rings is 1. The summed E-state index contributed by atoms with van der Waals surface area (Å²) < 4.78 is 26.8. The normalized spacial score (nSPS) is 14.7. The van der Waals surface area contributed by atoms with Crippen LogP contribution < -0.4 is 4.74 Å². The van der Waals surface area contributed by atoms with E-state index in [2.05, 4.69) is 4.98 Å². The molecule has 0 saturated carbocycles. The zero-order valence-corrected chi connectivity index (χ0v) is 19.3. The number of carbonyl (C=O) groups is 1. The number of benzene rings is 2. The Morgan fingerprint density at radius 1 is 0.970 bits per heavy atom. The fourth-order valence-corrected chi connectivity index (χ4v) is 3.86. The molecule has 0 bridgehead atoms. The second-order valence-electron chi connectivity index (χ2n) is 9.19. The van der Waals surface area contributed by atoms with Crippen molar-refractivity contribution in [1.82, 2.24) is 9.88 Å². The van der Waals surface area contributed by atoms with Gasteiger partial charge in [-0.3, -0.25) is 4.98 Å². The third-order valence-corrected chi connectivity index (χ3v) is 5.50. The molecule has 1 saturated heterocycles. The first-order chi connectivity index (χ1) is 15.8. The second-order valence-corrected chi connectivity index (χ2v) is 9.19. The summed E-state index contributed by atoms with van der Waals surface area (Å²) in [5.74, 6) is 0.440. The Morgan fingerprint density at radius 3 is 2.30 bits per heavy atom. The van der Waals surface area contributed by atoms with Gasteiger partial charge in [0.15, 0.2) is 0 Å². The number of carbonyl (C=O) groups excluding carboxylic acids is 1. The van der Waals surface area contributed by atoms with Crippen molar-refractivity contribution in [3.63, 3.8) is 0 Å². The first-order valence-electron chi connectivity index (χ1n) is 11.2. The van der Waals surface area contributed by atoms with Gasteiger partial charge in [0, 0.05) is 43.3 Å². The third-order valence-electron chi connectivity index (χ3n) is 5.50. The standard InChI is InChI=1S/C27H29FN2O3/c1-27(2,3)33-26(31)30-17-14-21(15-18-30)32-20-12-10-19(11-13-20)22-7-6-8-23(25(22)28)24-9-4-5-16-29-24/h4-13,16,21H,14-15,17-18H2,1-3H3. The van der Waals surface area contributed by atoms with Gasteiger partial charge >= 0.3 is 6.09 Å². The molecule has 2 aromatic carbocycles. The van der Waals surface area contributed by atoms with E-state index in [0.717, 1.165) is 24.2 Å². The number of halogens is 1. The molecule has 2 heterocycles. The number of hydrogen-bond acceptors (Lipinski definition) is 4. The van der Waals surface area contributed by atoms with Crippen molar-refractivity contribution in [3.05, 3.63) is 72.7 Å². The summed E-state index contributed by atoms with van der Waals surface area (Å²) in [4.78, 5) is 18.2. The molecule has 0 atom stereocenters. The molecule has 4 rings (SSSR count). The van der Waals surface area contributed by atoms with E-state index in [1.165, 1.54) is 0 Å². The quantitative estimate of drug-likeness (QED) is 0.468. The smallest absolute Gasteiger partial charge is 0.410 e. The molecule has 0 unspecified atom stereocenters. The predicted molar refractivity (Wildman–Crippen MR) is 127 cm³/mol. The molecule has 33 heavy (non-hydrogen) atoms. The minimum atomic E-state index is -0.497. The summed E-state index contributed by atoms with van der Waals surface area (Å²) in [6.45, 7) is 6.80. The minimum Gasteiger partial charge on any atom is -0.490 e. The van der Waals surface area contributed by atoms with Gasteiger partial charge in [0.2, 0.25) is 0 Å². The van der Waals surface area contributed by atoms with Gasteiger partial charge in [-0.05, 0) is 56.7 Å². The van der Waals surface area contributed by atoms with Crippen LogP contribution in [0.5, 0.6) is 5.75 Å².